The van der Waals surface area contributed by atoms with Crippen LogP contribution in [0.15, 0.2) is 30.3 Å². The zero-order chi connectivity index (χ0) is 16.8. The number of para-hydroxylation sites is 1. The van der Waals surface area contributed by atoms with Gasteiger partial charge in [0, 0.05) is 31.0 Å². The van der Waals surface area contributed by atoms with Crippen molar-refractivity contribution in [2.24, 2.45) is 0 Å². The van der Waals surface area contributed by atoms with Gasteiger partial charge in [0.15, 0.2) is 0 Å². The van der Waals surface area contributed by atoms with E-state index in [-0.39, 0.29) is 5.91 Å². The predicted molar refractivity (Wildman–Crippen MR) is 93.2 cm³/mol. The molecule has 6 heteroatoms. The van der Waals surface area contributed by atoms with Crippen LogP contribution in [-0.4, -0.2) is 42.4 Å². The fourth-order valence-corrected chi connectivity index (χ4v) is 2.91. The quantitative estimate of drug-likeness (QED) is 0.852. The molecule has 0 saturated carbocycles. The molecule has 6 nitrogen and oxygen atoms in total. The Morgan fingerprint density at radius 3 is 2.92 bits per heavy atom. The van der Waals surface area contributed by atoms with Crippen molar-refractivity contribution in [3.63, 3.8) is 0 Å². The van der Waals surface area contributed by atoms with E-state index >= 15 is 0 Å². The Kier molecular flexibility index (Phi) is 5.48. The summed E-state index contributed by atoms with van der Waals surface area (Å²) in [5.74, 6) is -0.148. The average molecular weight is 328 g/mol. The first kappa shape index (κ1) is 16.5. The Hall–Kier alpha value is -2.34. The molecule has 0 spiro atoms. The van der Waals surface area contributed by atoms with Gasteiger partial charge in [0.1, 0.15) is 5.69 Å². The van der Waals surface area contributed by atoms with Crippen LogP contribution in [0.5, 0.6) is 0 Å². The highest BCUT2D eigenvalue weighted by Crippen LogP contribution is 2.21. The van der Waals surface area contributed by atoms with Crippen LogP contribution in [0, 0.1) is 0 Å². The molecule has 128 valence electrons. The summed E-state index contributed by atoms with van der Waals surface area (Å²) in [7, 11) is 0. The van der Waals surface area contributed by atoms with Crippen molar-refractivity contribution in [2.75, 3.05) is 31.2 Å². The van der Waals surface area contributed by atoms with Crippen molar-refractivity contribution >= 4 is 11.6 Å². The molecule has 1 aliphatic rings. The molecule has 2 N–H and O–H groups in total. The van der Waals surface area contributed by atoms with Gasteiger partial charge in [0.05, 0.1) is 13.2 Å². The van der Waals surface area contributed by atoms with Crippen molar-refractivity contribution in [2.45, 2.75) is 26.3 Å². The number of nitrogens with zero attached hydrogens (tertiary/aromatic N) is 2. The lowest BCUT2D eigenvalue weighted by Crippen LogP contribution is -2.37. The number of rotatable bonds is 6. The number of amides is 1. The highest BCUT2D eigenvalue weighted by molar-refractivity contribution is 5.92. The molecule has 3 rings (SSSR count). The minimum Gasteiger partial charge on any atom is -0.378 e. The molecule has 0 bridgehead atoms. The van der Waals surface area contributed by atoms with Gasteiger partial charge in [-0.15, -0.1) is 0 Å². The Balaban J connectivity index is 1.64. The summed E-state index contributed by atoms with van der Waals surface area (Å²) in [6.45, 7) is 5.84. The van der Waals surface area contributed by atoms with E-state index in [0.717, 1.165) is 56.1 Å². The molecule has 2 heterocycles. The van der Waals surface area contributed by atoms with Gasteiger partial charge in [0.25, 0.3) is 5.91 Å². The molecule has 2 aromatic rings. The van der Waals surface area contributed by atoms with Crippen LogP contribution in [0.2, 0.25) is 0 Å². The molecule has 1 saturated heterocycles. The number of hydrogen-bond acceptors (Lipinski definition) is 4. The minimum absolute atomic E-state index is 0.148. The first-order valence-corrected chi connectivity index (χ1v) is 8.51. The zero-order valence-corrected chi connectivity index (χ0v) is 14.0. The lowest BCUT2D eigenvalue weighted by molar-refractivity contribution is 0.0945. The third kappa shape index (κ3) is 3.94. The van der Waals surface area contributed by atoms with E-state index in [1.54, 1.807) is 0 Å². The largest absolute Gasteiger partial charge is 0.378 e. The molecule has 0 unspecified atom stereocenters. The minimum atomic E-state index is -0.148. The maximum absolute atomic E-state index is 12.3. The Morgan fingerprint density at radius 1 is 1.33 bits per heavy atom. The standard InChI is InChI=1S/C18H24N4O2/c1-2-5-15-12-16(21-20-15)18(23)19-13-14-6-3-4-7-17(14)22-8-10-24-11-9-22/h3-4,6-7,12H,2,5,8-11,13H2,1H3,(H,19,23)(H,20,21). The fourth-order valence-electron chi connectivity index (χ4n) is 2.91. The van der Waals surface area contributed by atoms with Crippen LogP contribution in [0.1, 0.15) is 35.1 Å². The van der Waals surface area contributed by atoms with Gasteiger partial charge >= 0.3 is 0 Å². The third-order valence-corrected chi connectivity index (χ3v) is 4.17. The number of carbonyl (C=O) groups is 1. The summed E-state index contributed by atoms with van der Waals surface area (Å²) in [6.07, 6.45) is 1.93. The molecule has 1 fully saturated rings. The molecule has 1 aliphatic heterocycles. The maximum atomic E-state index is 12.3. The smallest absolute Gasteiger partial charge is 0.272 e. The molecule has 1 aromatic carbocycles. The van der Waals surface area contributed by atoms with Crippen LogP contribution in [-0.2, 0) is 17.7 Å². The molecule has 0 aliphatic carbocycles. The van der Waals surface area contributed by atoms with Crippen LogP contribution in [0.25, 0.3) is 0 Å². The van der Waals surface area contributed by atoms with E-state index in [4.69, 9.17) is 4.74 Å². The van der Waals surface area contributed by atoms with Gasteiger partial charge in [-0.3, -0.25) is 9.89 Å². The van der Waals surface area contributed by atoms with E-state index in [2.05, 4.69) is 39.5 Å². The van der Waals surface area contributed by atoms with Crippen molar-refractivity contribution in [1.29, 1.82) is 0 Å². The molecule has 0 atom stereocenters. The summed E-state index contributed by atoms with van der Waals surface area (Å²) >= 11 is 0. The van der Waals surface area contributed by atoms with Gasteiger partial charge < -0.3 is 15.0 Å². The van der Waals surface area contributed by atoms with E-state index in [1.165, 1.54) is 0 Å². The molecular formula is C18H24N4O2. The number of carbonyl (C=O) groups excluding carboxylic acids is 1. The van der Waals surface area contributed by atoms with E-state index in [9.17, 15) is 4.79 Å². The highest BCUT2D eigenvalue weighted by atomic mass is 16.5. The topological polar surface area (TPSA) is 70.2 Å². The van der Waals surface area contributed by atoms with Crippen LogP contribution in [0.4, 0.5) is 5.69 Å². The number of morpholine rings is 1. The number of hydrogen-bond donors (Lipinski definition) is 2. The van der Waals surface area contributed by atoms with Crippen molar-refractivity contribution in [1.82, 2.24) is 15.5 Å². The van der Waals surface area contributed by atoms with Gasteiger partial charge in [-0.25, -0.2) is 0 Å². The number of nitrogens with one attached hydrogen (secondary N) is 2. The normalized spacial score (nSPS) is 14.6. The second kappa shape index (κ2) is 7.97. The lowest BCUT2D eigenvalue weighted by Gasteiger charge is -2.30. The Labute approximate surface area is 142 Å². The fraction of sp³-hybridized carbons (Fsp3) is 0.444. The van der Waals surface area contributed by atoms with Crippen molar-refractivity contribution < 1.29 is 9.53 Å². The predicted octanol–water partition coefficient (Wildman–Crippen LogP) is 2.13. The van der Waals surface area contributed by atoms with Gasteiger partial charge in [-0.05, 0) is 24.1 Å². The number of aromatic amines is 1. The van der Waals surface area contributed by atoms with Gasteiger partial charge in [-0.1, -0.05) is 31.5 Å². The van der Waals surface area contributed by atoms with Crippen LogP contribution < -0.4 is 10.2 Å². The molecule has 1 aromatic heterocycles. The first-order chi connectivity index (χ1) is 11.8. The van der Waals surface area contributed by atoms with Crippen LogP contribution in [0.3, 0.4) is 0 Å². The van der Waals surface area contributed by atoms with E-state index in [1.807, 2.05) is 18.2 Å². The van der Waals surface area contributed by atoms with Crippen molar-refractivity contribution in [3.8, 4) is 0 Å². The third-order valence-electron chi connectivity index (χ3n) is 4.17. The monoisotopic (exact) mass is 328 g/mol. The van der Waals surface area contributed by atoms with Crippen molar-refractivity contribution in [3.05, 3.63) is 47.3 Å². The second-order valence-electron chi connectivity index (χ2n) is 5.94. The van der Waals surface area contributed by atoms with Gasteiger partial charge in [0.2, 0.25) is 0 Å². The Bertz CT molecular complexity index is 677. The summed E-state index contributed by atoms with van der Waals surface area (Å²) in [5, 5.41) is 9.98. The maximum Gasteiger partial charge on any atom is 0.272 e. The summed E-state index contributed by atoms with van der Waals surface area (Å²) in [4.78, 5) is 14.6. The number of ether oxygens (including phenoxy) is 1. The molecule has 24 heavy (non-hydrogen) atoms. The van der Waals surface area contributed by atoms with Gasteiger partial charge in [-0.2, -0.15) is 5.10 Å². The molecule has 1 amide bonds. The number of aryl methyl sites for hydroxylation is 1. The summed E-state index contributed by atoms with van der Waals surface area (Å²) < 4.78 is 5.42. The average Bonchev–Trinajstić information content (AvgIpc) is 3.10. The summed E-state index contributed by atoms with van der Waals surface area (Å²) in [6, 6.07) is 10.0. The Morgan fingerprint density at radius 2 is 2.12 bits per heavy atom. The number of aromatic nitrogens is 2. The second-order valence-corrected chi connectivity index (χ2v) is 5.94. The molecule has 0 radical (unpaired) electrons. The zero-order valence-electron chi connectivity index (χ0n) is 14.0. The summed E-state index contributed by atoms with van der Waals surface area (Å²) in [5.41, 5.74) is 3.71. The number of benzene rings is 1. The van der Waals surface area contributed by atoms with Crippen LogP contribution >= 0.6 is 0 Å². The number of H-pyrrole nitrogens is 1. The SMILES string of the molecule is CCCc1cc(C(=O)NCc2ccccc2N2CCOCC2)n[nH]1. The van der Waals surface area contributed by atoms with E-state index in [0.29, 0.717) is 12.2 Å². The highest BCUT2D eigenvalue weighted by Gasteiger charge is 2.15. The lowest BCUT2D eigenvalue weighted by atomic mass is 10.1. The van der Waals surface area contributed by atoms with E-state index < -0.39 is 0 Å². The number of anilines is 1. The molecular weight excluding hydrogens is 304 g/mol. The first-order valence-electron chi connectivity index (χ1n) is 8.51.